The summed E-state index contributed by atoms with van der Waals surface area (Å²) < 4.78 is 45.0. The Morgan fingerprint density at radius 3 is 2.37 bits per heavy atom. The number of rotatable bonds is 8. The van der Waals surface area contributed by atoms with E-state index >= 15 is 0 Å². The number of halogens is 3. The lowest BCUT2D eigenvalue weighted by Crippen LogP contribution is -2.31. The first-order valence-electron chi connectivity index (χ1n) is 13.2. The van der Waals surface area contributed by atoms with E-state index in [0.29, 0.717) is 37.2 Å². The van der Waals surface area contributed by atoms with Crippen LogP contribution in [0.15, 0.2) is 67.3 Å². The van der Waals surface area contributed by atoms with E-state index in [1.807, 2.05) is 32.0 Å². The molecule has 5 nitrogen and oxygen atoms in total. The monoisotopic (exact) mass is 530 g/mol. The second-order valence-corrected chi connectivity index (χ2v) is 8.86. The van der Waals surface area contributed by atoms with E-state index in [0.717, 1.165) is 56.0 Å². The summed E-state index contributed by atoms with van der Waals surface area (Å²) in [5.41, 5.74) is 2.72. The van der Waals surface area contributed by atoms with Crippen molar-refractivity contribution >= 4 is 11.0 Å². The van der Waals surface area contributed by atoms with Crippen molar-refractivity contribution < 1.29 is 17.9 Å². The minimum absolute atomic E-state index is 0.192. The van der Waals surface area contributed by atoms with Crippen LogP contribution >= 0.6 is 0 Å². The highest BCUT2D eigenvalue weighted by Crippen LogP contribution is 2.21. The molecule has 1 fully saturated rings. The summed E-state index contributed by atoms with van der Waals surface area (Å²) in [4.78, 5) is 9.57. The van der Waals surface area contributed by atoms with Gasteiger partial charge in [0.05, 0.1) is 36.8 Å². The number of aromatic nitrogens is 2. The van der Waals surface area contributed by atoms with Crippen LogP contribution in [0.2, 0.25) is 0 Å². The molecule has 0 bridgehead atoms. The van der Waals surface area contributed by atoms with E-state index in [2.05, 4.69) is 27.0 Å². The second-order valence-electron chi connectivity index (χ2n) is 8.86. The average molecular weight is 531 g/mol. The minimum atomic E-state index is -0.333. The smallest absolute Gasteiger partial charge is 0.127 e. The summed E-state index contributed by atoms with van der Waals surface area (Å²) in [6, 6.07) is 13.0. The molecule has 1 saturated heterocycles. The van der Waals surface area contributed by atoms with Gasteiger partial charge in [0.2, 0.25) is 0 Å². The van der Waals surface area contributed by atoms with Crippen LogP contribution in [0.5, 0.6) is 5.75 Å². The first-order chi connectivity index (χ1) is 18.4. The molecule has 2 aromatic carbocycles. The van der Waals surface area contributed by atoms with Gasteiger partial charge in [-0.15, -0.1) is 0 Å². The highest BCUT2D eigenvalue weighted by Gasteiger charge is 2.19. The number of imidazole rings is 1. The summed E-state index contributed by atoms with van der Waals surface area (Å²) in [5, 5.41) is 0. The summed E-state index contributed by atoms with van der Waals surface area (Å²) >= 11 is 0. The normalized spacial score (nSPS) is 14.4. The molecule has 0 amide bonds. The largest absolute Gasteiger partial charge is 0.497 e. The van der Waals surface area contributed by atoms with E-state index in [9.17, 15) is 13.2 Å². The number of fused-ring (bicyclic) bond motifs is 1. The van der Waals surface area contributed by atoms with Crippen molar-refractivity contribution in [2.24, 2.45) is 0 Å². The number of ether oxygens (including phenoxy) is 1. The molecule has 0 saturated carbocycles. The van der Waals surface area contributed by atoms with Crippen molar-refractivity contribution in [3.05, 3.63) is 84.5 Å². The van der Waals surface area contributed by atoms with Crippen molar-refractivity contribution in [2.45, 2.75) is 53.2 Å². The number of para-hydroxylation sites is 2. The maximum Gasteiger partial charge on any atom is 0.127 e. The molecule has 38 heavy (non-hydrogen) atoms. The molecule has 208 valence electrons. The number of benzene rings is 2. The van der Waals surface area contributed by atoms with Crippen LogP contribution in [-0.4, -0.2) is 52.6 Å². The van der Waals surface area contributed by atoms with Gasteiger partial charge in [0.25, 0.3) is 0 Å². The third-order valence-electron chi connectivity index (χ3n) is 6.04. The Labute approximate surface area is 225 Å². The van der Waals surface area contributed by atoms with Crippen LogP contribution in [0.3, 0.4) is 0 Å². The molecule has 0 atom stereocenters. The highest BCUT2D eigenvalue weighted by atomic mass is 19.1. The third kappa shape index (κ3) is 9.65. The van der Waals surface area contributed by atoms with Crippen molar-refractivity contribution in [2.75, 3.05) is 33.3 Å². The zero-order valence-corrected chi connectivity index (χ0v) is 23.1. The van der Waals surface area contributed by atoms with Gasteiger partial charge in [-0.2, -0.15) is 0 Å². The van der Waals surface area contributed by atoms with Crippen LogP contribution < -0.4 is 4.74 Å². The summed E-state index contributed by atoms with van der Waals surface area (Å²) in [5.74, 6) is 1.16. The van der Waals surface area contributed by atoms with Crippen LogP contribution in [-0.2, 0) is 19.6 Å². The molecule has 0 spiro atoms. The van der Waals surface area contributed by atoms with Gasteiger partial charge in [-0.3, -0.25) is 9.80 Å². The van der Waals surface area contributed by atoms with Crippen molar-refractivity contribution in [3.8, 4) is 5.75 Å². The molecule has 1 aliphatic heterocycles. The van der Waals surface area contributed by atoms with Crippen LogP contribution in [0.1, 0.15) is 45.0 Å². The van der Waals surface area contributed by atoms with Crippen molar-refractivity contribution in [1.82, 2.24) is 19.4 Å². The van der Waals surface area contributed by atoms with Crippen LogP contribution in [0.4, 0.5) is 13.2 Å². The lowest BCUT2D eigenvalue weighted by molar-refractivity contribution is 0.240. The molecule has 0 unspecified atom stereocenters. The fourth-order valence-electron chi connectivity index (χ4n) is 4.34. The van der Waals surface area contributed by atoms with Crippen molar-refractivity contribution in [1.29, 1.82) is 0 Å². The molecular formula is C30H41F3N4O. The minimum Gasteiger partial charge on any atom is -0.497 e. The van der Waals surface area contributed by atoms with E-state index in [4.69, 9.17) is 9.72 Å². The molecule has 0 aliphatic carbocycles. The first kappa shape index (κ1) is 31.1. The Morgan fingerprint density at radius 2 is 1.71 bits per heavy atom. The Hall–Kier alpha value is -3.10. The van der Waals surface area contributed by atoms with Gasteiger partial charge >= 0.3 is 0 Å². The summed E-state index contributed by atoms with van der Waals surface area (Å²) in [6.07, 6.45) is 3.79. The van der Waals surface area contributed by atoms with E-state index in [-0.39, 0.29) is 11.6 Å². The zero-order valence-electron chi connectivity index (χ0n) is 23.1. The van der Waals surface area contributed by atoms with Gasteiger partial charge in [-0.25, -0.2) is 18.2 Å². The zero-order chi connectivity index (χ0) is 27.9. The number of hydrogen-bond donors (Lipinski definition) is 0. The Kier molecular flexibility index (Phi) is 13.7. The molecule has 2 heterocycles. The van der Waals surface area contributed by atoms with Gasteiger partial charge in [0.15, 0.2) is 0 Å². The van der Waals surface area contributed by atoms with Gasteiger partial charge < -0.3 is 9.30 Å². The summed E-state index contributed by atoms with van der Waals surface area (Å²) in [7, 11) is 1.60. The van der Waals surface area contributed by atoms with Gasteiger partial charge in [0.1, 0.15) is 17.4 Å². The summed E-state index contributed by atoms with van der Waals surface area (Å²) in [6.45, 7) is 13.8. The van der Waals surface area contributed by atoms with Gasteiger partial charge in [0, 0.05) is 31.7 Å². The highest BCUT2D eigenvalue weighted by molar-refractivity contribution is 5.75. The molecule has 1 aliphatic rings. The predicted octanol–water partition coefficient (Wildman–Crippen LogP) is 7.28. The number of hydrogen-bond acceptors (Lipinski definition) is 4. The SMILES string of the molecule is C=C(C)F.CC.COc1ccc(F)c(CN2CCCN(Cc3nc4ccccc4n3CC/C=C/F)CC2)c1. The number of nitrogens with zero attached hydrogens (tertiary/aromatic N) is 4. The number of methoxy groups -OCH3 is 1. The Morgan fingerprint density at radius 1 is 1.05 bits per heavy atom. The van der Waals surface area contributed by atoms with Crippen LogP contribution in [0, 0.1) is 5.82 Å². The molecule has 0 radical (unpaired) electrons. The topological polar surface area (TPSA) is 33.5 Å². The molecular weight excluding hydrogens is 489 g/mol. The molecule has 4 rings (SSSR count). The molecule has 3 aromatic rings. The number of aryl methyl sites for hydroxylation is 1. The first-order valence-corrected chi connectivity index (χ1v) is 13.2. The predicted molar refractivity (Wildman–Crippen MR) is 150 cm³/mol. The molecule has 8 heteroatoms. The van der Waals surface area contributed by atoms with Crippen molar-refractivity contribution in [3.63, 3.8) is 0 Å². The Bertz CT molecular complexity index is 1160. The fourth-order valence-corrected chi connectivity index (χ4v) is 4.34. The standard InChI is InChI=1S/C25H30F2N4O.C3H5F.C2H6/c1-32-21-9-10-22(27)20(17-21)18-29-12-6-13-30(16-15-29)19-25-28-23-7-2-3-8-24(23)31(25)14-5-4-11-26;1-3(2)4;1-2/h2-4,7-11,17H,5-6,12-16,18-19H2,1H3;1H2,2H3;1-2H3/b11-4+;;. The fraction of sp³-hybridized carbons (Fsp3) is 0.433. The maximum atomic E-state index is 14.3. The molecule has 1 aromatic heterocycles. The Balaban J connectivity index is 0.000000773. The van der Waals surface area contributed by atoms with Crippen LogP contribution in [0.25, 0.3) is 11.0 Å². The quantitative estimate of drug-likeness (QED) is 0.306. The van der Waals surface area contributed by atoms with Gasteiger partial charge in [-0.1, -0.05) is 38.6 Å². The van der Waals surface area contributed by atoms with E-state index in [1.54, 1.807) is 25.3 Å². The second kappa shape index (κ2) is 16.7. The lowest BCUT2D eigenvalue weighted by Gasteiger charge is -2.22. The molecule has 0 N–H and O–H groups in total. The lowest BCUT2D eigenvalue weighted by atomic mass is 10.2. The maximum absolute atomic E-state index is 14.3. The van der Waals surface area contributed by atoms with E-state index in [1.165, 1.54) is 13.0 Å². The number of allylic oxidation sites excluding steroid dienone is 2. The third-order valence-corrected chi connectivity index (χ3v) is 6.04. The van der Waals surface area contributed by atoms with E-state index < -0.39 is 0 Å². The van der Waals surface area contributed by atoms with Gasteiger partial charge in [-0.05, 0) is 63.2 Å². The average Bonchev–Trinajstić information content (AvgIpc) is 3.09.